The Morgan fingerprint density at radius 3 is 2.36 bits per heavy atom. The molecule has 1 atom stereocenters. The lowest BCUT2D eigenvalue weighted by Crippen LogP contribution is -2.09. The lowest BCUT2D eigenvalue weighted by atomic mass is 10.1. The van der Waals surface area contributed by atoms with Crippen molar-refractivity contribution < 1.29 is 4.92 Å². The molecule has 1 N–H and O–H groups in total. The van der Waals surface area contributed by atoms with E-state index in [9.17, 15) is 10.1 Å². The van der Waals surface area contributed by atoms with Crippen molar-refractivity contribution in [2.75, 3.05) is 11.6 Å². The van der Waals surface area contributed by atoms with E-state index in [1.165, 1.54) is 23.9 Å². The first-order valence-corrected chi connectivity index (χ1v) is 8.01. The van der Waals surface area contributed by atoms with E-state index in [0.717, 1.165) is 16.4 Å². The van der Waals surface area contributed by atoms with Crippen LogP contribution in [0.1, 0.15) is 18.5 Å². The van der Waals surface area contributed by atoms with Crippen LogP contribution >= 0.6 is 11.8 Å². The van der Waals surface area contributed by atoms with Gasteiger partial charge in [-0.05, 0) is 30.9 Å². The molecule has 0 aromatic heterocycles. The van der Waals surface area contributed by atoms with Crippen LogP contribution in [0.25, 0.3) is 0 Å². The van der Waals surface area contributed by atoms with Gasteiger partial charge in [0.25, 0.3) is 5.69 Å². The predicted molar refractivity (Wildman–Crippen MR) is 92.5 cm³/mol. The smallest absolute Gasteiger partial charge is 0.269 e. The van der Waals surface area contributed by atoms with Gasteiger partial charge >= 0.3 is 0 Å². The first-order chi connectivity index (χ1) is 10.6. The molecule has 0 radical (unpaired) electrons. The lowest BCUT2D eigenvalue weighted by molar-refractivity contribution is -0.384. The number of nitrogens with zero attached hydrogens (tertiary/aromatic N) is 2. The molecule has 2 aromatic carbocycles. The van der Waals surface area contributed by atoms with Gasteiger partial charge in [-0.3, -0.25) is 15.1 Å². The molecule has 0 fully saturated rings. The number of rotatable bonds is 4. The van der Waals surface area contributed by atoms with Crippen LogP contribution in [0.15, 0.2) is 59.6 Å². The van der Waals surface area contributed by atoms with Gasteiger partial charge in [0.1, 0.15) is 0 Å². The summed E-state index contributed by atoms with van der Waals surface area (Å²) in [5.41, 5.74) is 1.99. The zero-order chi connectivity index (χ0) is 15.9. The average Bonchev–Trinajstić information content (AvgIpc) is 2.55. The number of thioether (sulfide) groups is 1. The minimum atomic E-state index is -0.412. The van der Waals surface area contributed by atoms with E-state index in [0.29, 0.717) is 0 Å². The zero-order valence-corrected chi connectivity index (χ0v) is 13.2. The van der Waals surface area contributed by atoms with Crippen LogP contribution in [0, 0.1) is 10.1 Å². The minimum Gasteiger partial charge on any atom is -0.335 e. The Bertz CT molecular complexity index is 657. The number of nitro benzene ring substituents is 1. The third kappa shape index (κ3) is 4.33. The maximum absolute atomic E-state index is 10.7. The molecule has 0 amide bonds. The molecular formula is C16H17N3O2S. The molecule has 6 heteroatoms. The number of nitrogens with one attached hydrogen (secondary N) is 1. The molecule has 0 saturated carbocycles. The summed E-state index contributed by atoms with van der Waals surface area (Å²) in [5.74, 6) is 0. The Kier molecular flexibility index (Phi) is 5.55. The summed E-state index contributed by atoms with van der Waals surface area (Å²) >= 11 is 1.50. The number of amidine groups is 1. The quantitative estimate of drug-likeness (QED) is 0.391. The van der Waals surface area contributed by atoms with Crippen molar-refractivity contribution in [3.63, 3.8) is 0 Å². The second-order valence-corrected chi connectivity index (χ2v) is 5.45. The monoisotopic (exact) mass is 315 g/mol. The summed E-state index contributed by atoms with van der Waals surface area (Å²) in [4.78, 5) is 14.9. The highest BCUT2D eigenvalue weighted by Crippen LogP contribution is 2.20. The van der Waals surface area contributed by atoms with Gasteiger partial charge in [0.05, 0.1) is 11.0 Å². The second-order valence-electron chi connectivity index (χ2n) is 4.65. The van der Waals surface area contributed by atoms with Gasteiger partial charge in [-0.25, -0.2) is 0 Å². The third-order valence-electron chi connectivity index (χ3n) is 3.12. The minimum absolute atomic E-state index is 0.0363. The molecule has 22 heavy (non-hydrogen) atoms. The molecule has 0 spiro atoms. The van der Waals surface area contributed by atoms with E-state index in [1.807, 2.05) is 43.5 Å². The van der Waals surface area contributed by atoms with Gasteiger partial charge in [0, 0.05) is 17.8 Å². The summed E-state index contributed by atoms with van der Waals surface area (Å²) in [5, 5.41) is 14.6. The van der Waals surface area contributed by atoms with Crippen molar-refractivity contribution in [2.45, 2.75) is 13.0 Å². The van der Waals surface area contributed by atoms with Crippen LogP contribution in [-0.4, -0.2) is 16.3 Å². The fourth-order valence-corrected chi connectivity index (χ4v) is 2.39. The number of hydrogen-bond donors (Lipinski definition) is 1. The number of anilines is 1. The largest absolute Gasteiger partial charge is 0.335 e. The first-order valence-electron chi connectivity index (χ1n) is 6.78. The van der Waals surface area contributed by atoms with Gasteiger partial charge < -0.3 is 5.32 Å². The molecule has 0 heterocycles. The maximum atomic E-state index is 10.7. The standard InChI is InChI=1S/C16H17N3O2S/c1-12(13-6-4-3-5-7-13)17-16(22-2)18-14-8-10-15(11-9-14)19(20)21/h3-12H,1-2H3,(H,17,18)/t12-/m0/s1. The van der Waals surface area contributed by atoms with E-state index in [-0.39, 0.29) is 11.7 Å². The number of non-ortho nitro benzene ring substituents is 1. The van der Waals surface area contributed by atoms with Crippen LogP contribution in [0.4, 0.5) is 11.4 Å². The molecule has 0 aliphatic carbocycles. The van der Waals surface area contributed by atoms with Crippen LogP contribution in [-0.2, 0) is 0 Å². The fraction of sp³-hybridized carbons (Fsp3) is 0.188. The summed E-state index contributed by atoms with van der Waals surface area (Å²) < 4.78 is 0. The van der Waals surface area contributed by atoms with E-state index in [1.54, 1.807) is 12.1 Å². The summed E-state index contributed by atoms with van der Waals surface area (Å²) in [6.07, 6.45) is 1.94. The molecule has 0 unspecified atom stereocenters. The van der Waals surface area contributed by atoms with Crippen LogP contribution in [0.2, 0.25) is 0 Å². The van der Waals surface area contributed by atoms with Crippen molar-refractivity contribution in [1.82, 2.24) is 0 Å². The van der Waals surface area contributed by atoms with Crippen LogP contribution < -0.4 is 5.32 Å². The predicted octanol–water partition coefficient (Wildman–Crippen LogP) is 4.49. The fourth-order valence-electron chi connectivity index (χ4n) is 1.91. The molecule has 0 bridgehead atoms. The van der Waals surface area contributed by atoms with Gasteiger partial charge in [-0.1, -0.05) is 42.1 Å². The molecule has 0 aliphatic rings. The highest BCUT2D eigenvalue weighted by Gasteiger charge is 2.07. The second kappa shape index (κ2) is 7.61. The molecule has 2 aromatic rings. The molecule has 0 saturated heterocycles. The average molecular weight is 315 g/mol. The Balaban J connectivity index is 2.11. The number of nitro groups is 1. The summed E-state index contributed by atoms with van der Waals surface area (Å²) in [6.45, 7) is 2.03. The van der Waals surface area contributed by atoms with E-state index in [4.69, 9.17) is 0 Å². The highest BCUT2D eigenvalue weighted by atomic mass is 32.2. The van der Waals surface area contributed by atoms with Crippen LogP contribution in [0.3, 0.4) is 0 Å². The number of aliphatic imine (C=N–C) groups is 1. The topological polar surface area (TPSA) is 67.5 Å². The van der Waals surface area contributed by atoms with Gasteiger partial charge in [0.2, 0.25) is 0 Å². The summed E-state index contributed by atoms with van der Waals surface area (Å²) in [6, 6.07) is 16.4. The van der Waals surface area contributed by atoms with Crippen molar-refractivity contribution in [2.24, 2.45) is 4.99 Å². The van der Waals surface area contributed by atoms with Crippen molar-refractivity contribution in [3.05, 3.63) is 70.3 Å². The summed E-state index contributed by atoms with van der Waals surface area (Å²) in [7, 11) is 0. The SMILES string of the molecule is CSC(=N[C@@H](C)c1ccccc1)Nc1ccc([N+](=O)[O-])cc1. The van der Waals surface area contributed by atoms with E-state index in [2.05, 4.69) is 10.3 Å². The number of hydrogen-bond acceptors (Lipinski definition) is 4. The van der Waals surface area contributed by atoms with Gasteiger partial charge in [0.15, 0.2) is 5.17 Å². The number of benzene rings is 2. The Morgan fingerprint density at radius 1 is 1.18 bits per heavy atom. The first kappa shape index (κ1) is 16.0. The molecule has 5 nitrogen and oxygen atoms in total. The molecular weight excluding hydrogens is 298 g/mol. The maximum Gasteiger partial charge on any atom is 0.269 e. The molecule has 114 valence electrons. The lowest BCUT2D eigenvalue weighted by Gasteiger charge is -2.12. The Hall–Kier alpha value is -2.34. The van der Waals surface area contributed by atoms with Crippen molar-refractivity contribution in [1.29, 1.82) is 0 Å². The Labute approximate surface area is 133 Å². The zero-order valence-electron chi connectivity index (χ0n) is 12.4. The molecule has 0 aliphatic heterocycles. The van der Waals surface area contributed by atoms with Crippen molar-refractivity contribution >= 4 is 28.3 Å². The van der Waals surface area contributed by atoms with E-state index >= 15 is 0 Å². The van der Waals surface area contributed by atoms with Gasteiger partial charge in [-0.15, -0.1) is 0 Å². The Morgan fingerprint density at radius 2 is 1.82 bits per heavy atom. The van der Waals surface area contributed by atoms with Gasteiger partial charge in [-0.2, -0.15) is 0 Å². The molecule has 2 rings (SSSR count). The van der Waals surface area contributed by atoms with E-state index < -0.39 is 4.92 Å². The van der Waals surface area contributed by atoms with Crippen LogP contribution in [0.5, 0.6) is 0 Å². The third-order valence-corrected chi connectivity index (χ3v) is 3.71. The highest BCUT2D eigenvalue weighted by molar-refractivity contribution is 8.13. The van der Waals surface area contributed by atoms with Crippen molar-refractivity contribution in [3.8, 4) is 0 Å². The normalized spacial score (nSPS) is 12.7.